The Morgan fingerprint density at radius 1 is 1.44 bits per heavy atom. The van der Waals surface area contributed by atoms with Crippen molar-refractivity contribution in [1.82, 2.24) is 10.2 Å². The van der Waals surface area contributed by atoms with Crippen LogP contribution < -0.4 is 34.9 Å². The first-order chi connectivity index (χ1) is 6.99. The molecule has 1 saturated heterocycles. The molecule has 0 saturated carbocycles. The van der Waals surface area contributed by atoms with Crippen LogP contribution in [0.5, 0.6) is 0 Å². The van der Waals surface area contributed by atoms with Gasteiger partial charge < -0.3 is 11.6 Å². The van der Waals surface area contributed by atoms with Crippen molar-refractivity contribution in [3.05, 3.63) is 0 Å². The molecule has 16 heavy (non-hydrogen) atoms. The number of hydrogen-bond donors (Lipinski definition) is 2. The Morgan fingerprint density at radius 3 is 2.62 bits per heavy atom. The summed E-state index contributed by atoms with van der Waals surface area (Å²) < 4.78 is 29.1. The summed E-state index contributed by atoms with van der Waals surface area (Å²) in [5, 5.41) is 2.86. The molecule has 0 aromatic carbocycles. The number of nitrogens with one attached hydrogen (secondary N) is 1. The van der Waals surface area contributed by atoms with Crippen molar-refractivity contribution in [1.29, 1.82) is 0 Å². The van der Waals surface area contributed by atoms with Gasteiger partial charge in [-0.25, -0.2) is 0 Å². The standard InChI is InChI=1S/C8H16N2O4S.Na.H/c11-8-2-1-5-10(8)6-3-9-4-7-15(12,13)14;;/h9H,1-7H2,(H,12,13,14);;/q;+1;-1. The number of amides is 1. The minimum atomic E-state index is -3.88. The number of rotatable bonds is 6. The number of carbonyl (C=O) groups is 1. The fourth-order valence-corrected chi connectivity index (χ4v) is 1.88. The molecule has 1 amide bonds. The number of hydrogen-bond acceptors (Lipinski definition) is 4. The molecule has 0 aromatic rings. The average Bonchev–Trinajstić information content (AvgIpc) is 2.49. The Labute approximate surface area is 119 Å². The molecule has 1 aliphatic rings. The Kier molecular flexibility index (Phi) is 7.79. The van der Waals surface area contributed by atoms with Gasteiger partial charge in [-0.2, -0.15) is 8.42 Å². The van der Waals surface area contributed by atoms with E-state index >= 15 is 0 Å². The third-order valence-corrected chi connectivity index (χ3v) is 2.99. The topological polar surface area (TPSA) is 86.7 Å². The third-order valence-electron chi connectivity index (χ3n) is 2.27. The van der Waals surface area contributed by atoms with Gasteiger partial charge in [-0.05, 0) is 6.42 Å². The molecule has 2 N–H and O–H groups in total. The van der Waals surface area contributed by atoms with Crippen LogP contribution in [0.3, 0.4) is 0 Å². The van der Waals surface area contributed by atoms with Crippen molar-refractivity contribution in [2.24, 2.45) is 0 Å². The Bertz CT molecular complexity index is 325. The van der Waals surface area contributed by atoms with E-state index < -0.39 is 10.1 Å². The molecule has 6 nitrogen and oxygen atoms in total. The molecule has 0 spiro atoms. The van der Waals surface area contributed by atoms with Crippen LogP contribution in [0.2, 0.25) is 0 Å². The molecule has 1 aliphatic heterocycles. The van der Waals surface area contributed by atoms with Crippen molar-refractivity contribution < 1.29 is 48.7 Å². The van der Waals surface area contributed by atoms with E-state index in [0.717, 1.165) is 13.0 Å². The molecular weight excluding hydrogens is 243 g/mol. The first-order valence-electron chi connectivity index (χ1n) is 4.93. The van der Waals surface area contributed by atoms with Gasteiger partial charge in [0.25, 0.3) is 10.1 Å². The summed E-state index contributed by atoms with van der Waals surface area (Å²) >= 11 is 0. The molecule has 0 atom stereocenters. The maximum absolute atomic E-state index is 11.2. The molecule has 0 radical (unpaired) electrons. The fraction of sp³-hybridized carbons (Fsp3) is 0.875. The molecule has 8 heteroatoms. The van der Waals surface area contributed by atoms with E-state index in [2.05, 4.69) is 5.32 Å². The van der Waals surface area contributed by atoms with Crippen LogP contribution >= 0.6 is 0 Å². The van der Waals surface area contributed by atoms with Crippen molar-refractivity contribution in [2.75, 3.05) is 31.9 Å². The fourth-order valence-electron chi connectivity index (χ4n) is 1.48. The van der Waals surface area contributed by atoms with Gasteiger partial charge in [0, 0.05) is 32.6 Å². The number of nitrogens with zero attached hydrogens (tertiary/aromatic N) is 1. The summed E-state index contributed by atoms with van der Waals surface area (Å²) in [6, 6.07) is 0. The second-order valence-electron chi connectivity index (χ2n) is 3.52. The van der Waals surface area contributed by atoms with Gasteiger partial charge in [-0.3, -0.25) is 9.35 Å². The van der Waals surface area contributed by atoms with Crippen LogP contribution in [0.15, 0.2) is 0 Å². The zero-order valence-corrected chi connectivity index (χ0v) is 12.3. The molecular formula is C8H17N2NaO4S. The van der Waals surface area contributed by atoms with E-state index in [1.165, 1.54) is 0 Å². The van der Waals surface area contributed by atoms with Crippen molar-refractivity contribution in [3.63, 3.8) is 0 Å². The molecule has 1 fully saturated rings. The second kappa shape index (κ2) is 7.62. The minimum absolute atomic E-state index is 0. The van der Waals surface area contributed by atoms with E-state index in [0.29, 0.717) is 19.5 Å². The first kappa shape index (κ1) is 16.3. The van der Waals surface area contributed by atoms with E-state index in [9.17, 15) is 13.2 Å². The first-order valence-corrected chi connectivity index (χ1v) is 6.53. The summed E-state index contributed by atoms with van der Waals surface area (Å²) in [6.45, 7) is 2.16. The van der Waals surface area contributed by atoms with Gasteiger partial charge in [-0.15, -0.1) is 0 Å². The zero-order valence-electron chi connectivity index (χ0n) is 10.5. The smallest absolute Gasteiger partial charge is 1.00 e. The van der Waals surface area contributed by atoms with Crippen LogP contribution in [0.1, 0.15) is 14.3 Å². The molecule has 1 rings (SSSR count). The van der Waals surface area contributed by atoms with Gasteiger partial charge in [0.2, 0.25) is 5.91 Å². The average molecular weight is 260 g/mol. The number of likely N-dealkylation sites (tertiary alicyclic amines) is 1. The minimum Gasteiger partial charge on any atom is -1.00 e. The summed E-state index contributed by atoms with van der Waals surface area (Å²) in [5.74, 6) is -0.132. The second-order valence-corrected chi connectivity index (χ2v) is 5.09. The van der Waals surface area contributed by atoms with Crippen molar-refractivity contribution >= 4 is 16.0 Å². The normalized spacial score (nSPS) is 16.3. The Balaban J connectivity index is 0. The maximum atomic E-state index is 11.2. The molecule has 1 heterocycles. The van der Waals surface area contributed by atoms with E-state index in [4.69, 9.17) is 4.55 Å². The summed E-state index contributed by atoms with van der Waals surface area (Å²) in [6.07, 6.45) is 1.52. The van der Waals surface area contributed by atoms with Crippen LogP contribution in [-0.4, -0.2) is 55.7 Å². The van der Waals surface area contributed by atoms with Gasteiger partial charge in [0.05, 0.1) is 5.75 Å². The third kappa shape index (κ3) is 6.82. The van der Waals surface area contributed by atoms with Gasteiger partial charge in [0.1, 0.15) is 0 Å². The molecule has 0 aliphatic carbocycles. The largest absolute Gasteiger partial charge is 1.00 e. The summed E-state index contributed by atoms with van der Waals surface area (Å²) in [4.78, 5) is 12.9. The molecule has 0 bridgehead atoms. The van der Waals surface area contributed by atoms with Crippen molar-refractivity contribution in [2.45, 2.75) is 12.8 Å². The van der Waals surface area contributed by atoms with Gasteiger partial charge in [0.15, 0.2) is 0 Å². The predicted octanol–water partition coefficient (Wildman–Crippen LogP) is -3.80. The van der Waals surface area contributed by atoms with E-state index in [1.54, 1.807) is 4.90 Å². The molecule has 0 unspecified atom stereocenters. The van der Waals surface area contributed by atoms with Crippen LogP contribution in [0.25, 0.3) is 0 Å². The van der Waals surface area contributed by atoms with E-state index in [1.807, 2.05) is 0 Å². The zero-order chi connectivity index (χ0) is 11.3. The maximum Gasteiger partial charge on any atom is 1.00 e. The summed E-state index contributed by atoms with van der Waals surface area (Å²) in [7, 11) is -3.88. The Morgan fingerprint density at radius 2 is 2.12 bits per heavy atom. The van der Waals surface area contributed by atoms with Crippen LogP contribution in [0.4, 0.5) is 0 Å². The van der Waals surface area contributed by atoms with Crippen LogP contribution in [-0.2, 0) is 14.9 Å². The quantitative estimate of drug-likeness (QED) is 0.291. The van der Waals surface area contributed by atoms with Gasteiger partial charge >= 0.3 is 29.6 Å². The monoisotopic (exact) mass is 260 g/mol. The molecule has 90 valence electrons. The van der Waals surface area contributed by atoms with Gasteiger partial charge in [-0.1, -0.05) is 0 Å². The summed E-state index contributed by atoms with van der Waals surface area (Å²) in [5.41, 5.74) is 0. The predicted molar refractivity (Wildman–Crippen MR) is 56.2 cm³/mol. The Hall–Kier alpha value is 0.340. The number of carbonyl (C=O) groups excluding carboxylic acids is 1. The van der Waals surface area contributed by atoms with Crippen molar-refractivity contribution in [3.8, 4) is 0 Å². The van der Waals surface area contributed by atoms with Crippen LogP contribution in [0, 0.1) is 0 Å². The molecule has 0 aromatic heterocycles. The SMILES string of the molecule is O=C1CCCN1CCNCCS(=O)(=O)O.[H-].[Na+]. The van der Waals surface area contributed by atoms with E-state index in [-0.39, 0.29) is 49.2 Å².